The van der Waals surface area contributed by atoms with E-state index in [9.17, 15) is 8.42 Å². The van der Waals surface area contributed by atoms with Crippen LogP contribution in [0.4, 0.5) is 11.6 Å². The van der Waals surface area contributed by atoms with Crippen LogP contribution >= 0.6 is 0 Å². The smallest absolute Gasteiger partial charge is 0.152 e. The SMILES string of the molecule is C=CCNc1cc(N(CC)C2CCS(=O)(=O)C2)ncn1. The molecule has 0 spiro atoms. The van der Waals surface area contributed by atoms with Gasteiger partial charge in [-0.05, 0) is 13.3 Å². The highest BCUT2D eigenvalue weighted by Crippen LogP contribution is 2.23. The molecule has 2 heterocycles. The third-order valence-electron chi connectivity index (χ3n) is 3.36. The number of nitrogens with one attached hydrogen (secondary N) is 1. The molecule has 1 aromatic rings. The molecule has 1 saturated heterocycles. The van der Waals surface area contributed by atoms with Crippen LogP contribution in [-0.4, -0.2) is 49.0 Å². The maximum atomic E-state index is 11.6. The minimum atomic E-state index is -2.90. The normalized spacial score (nSPS) is 20.6. The Morgan fingerprint density at radius 2 is 2.35 bits per heavy atom. The molecular formula is C13H20N4O2S. The van der Waals surface area contributed by atoms with E-state index in [1.54, 1.807) is 6.08 Å². The van der Waals surface area contributed by atoms with Crippen molar-refractivity contribution in [2.24, 2.45) is 0 Å². The lowest BCUT2D eigenvalue weighted by Crippen LogP contribution is -2.36. The van der Waals surface area contributed by atoms with Crippen molar-refractivity contribution in [1.82, 2.24) is 9.97 Å². The van der Waals surface area contributed by atoms with Crippen LogP contribution in [0.15, 0.2) is 25.0 Å². The Bertz CT molecular complexity index is 573. The number of anilines is 2. The van der Waals surface area contributed by atoms with Crippen LogP contribution in [0.3, 0.4) is 0 Å². The second-order valence-corrected chi connectivity index (χ2v) is 7.00. The van der Waals surface area contributed by atoms with Gasteiger partial charge in [-0.25, -0.2) is 18.4 Å². The van der Waals surface area contributed by atoms with Crippen molar-refractivity contribution in [2.45, 2.75) is 19.4 Å². The predicted octanol–water partition coefficient (Wildman–Crippen LogP) is 1.09. The Kier molecular flexibility index (Phi) is 4.59. The first kappa shape index (κ1) is 14.8. The van der Waals surface area contributed by atoms with Crippen LogP contribution in [0.25, 0.3) is 0 Å². The Labute approximate surface area is 119 Å². The first-order chi connectivity index (χ1) is 9.55. The van der Waals surface area contributed by atoms with Gasteiger partial charge in [-0.3, -0.25) is 0 Å². The van der Waals surface area contributed by atoms with Gasteiger partial charge in [0, 0.05) is 25.2 Å². The molecule has 1 atom stereocenters. The fourth-order valence-electron chi connectivity index (χ4n) is 2.41. The quantitative estimate of drug-likeness (QED) is 0.792. The lowest BCUT2D eigenvalue weighted by Gasteiger charge is -2.28. The Balaban J connectivity index is 2.17. The predicted molar refractivity (Wildman–Crippen MR) is 80.8 cm³/mol. The molecule has 20 heavy (non-hydrogen) atoms. The summed E-state index contributed by atoms with van der Waals surface area (Å²) in [5, 5.41) is 3.11. The van der Waals surface area contributed by atoms with E-state index in [1.165, 1.54) is 6.33 Å². The summed E-state index contributed by atoms with van der Waals surface area (Å²) < 4.78 is 23.2. The molecule has 0 aliphatic carbocycles. The van der Waals surface area contributed by atoms with Gasteiger partial charge in [0.25, 0.3) is 0 Å². The molecular weight excluding hydrogens is 276 g/mol. The highest BCUT2D eigenvalue weighted by Gasteiger charge is 2.32. The van der Waals surface area contributed by atoms with Crippen molar-refractivity contribution in [3.8, 4) is 0 Å². The van der Waals surface area contributed by atoms with Gasteiger partial charge >= 0.3 is 0 Å². The molecule has 2 rings (SSSR count). The minimum absolute atomic E-state index is 0.00662. The van der Waals surface area contributed by atoms with E-state index in [2.05, 4.69) is 21.9 Å². The Morgan fingerprint density at radius 1 is 1.55 bits per heavy atom. The van der Waals surface area contributed by atoms with Crippen LogP contribution in [0.2, 0.25) is 0 Å². The second kappa shape index (κ2) is 6.21. The summed E-state index contributed by atoms with van der Waals surface area (Å²) in [5.41, 5.74) is 0. The number of aromatic nitrogens is 2. The summed E-state index contributed by atoms with van der Waals surface area (Å²) in [6.07, 6.45) is 3.91. The number of sulfone groups is 1. The van der Waals surface area contributed by atoms with Gasteiger partial charge in [0.1, 0.15) is 18.0 Å². The highest BCUT2D eigenvalue weighted by atomic mass is 32.2. The largest absolute Gasteiger partial charge is 0.366 e. The lowest BCUT2D eigenvalue weighted by atomic mass is 10.2. The van der Waals surface area contributed by atoms with Gasteiger partial charge in [-0.1, -0.05) is 6.08 Å². The van der Waals surface area contributed by atoms with Crippen molar-refractivity contribution >= 4 is 21.5 Å². The maximum absolute atomic E-state index is 11.6. The molecule has 7 heteroatoms. The average Bonchev–Trinajstić information content (AvgIpc) is 2.78. The standard InChI is InChI=1S/C13H20N4O2S/c1-3-6-14-12-8-13(16-10-15-12)17(4-2)11-5-7-20(18,19)9-11/h3,8,10-11H,1,4-7,9H2,2H3,(H,14,15,16). The molecule has 0 aromatic carbocycles. The zero-order valence-electron chi connectivity index (χ0n) is 11.6. The van der Waals surface area contributed by atoms with Crippen LogP contribution in [0.1, 0.15) is 13.3 Å². The monoisotopic (exact) mass is 296 g/mol. The van der Waals surface area contributed by atoms with Crippen molar-refractivity contribution < 1.29 is 8.42 Å². The van der Waals surface area contributed by atoms with Gasteiger partial charge < -0.3 is 10.2 Å². The molecule has 1 aromatic heterocycles. The minimum Gasteiger partial charge on any atom is -0.366 e. The molecule has 6 nitrogen and oxygen atoms in total. The number of hydrogen-bond acceptors (Lipinski definition) is 6. The molecule has 0 saturated carbocycles. The fraction of sp³-hybridized carbons (Fsp3) is 0.538. The average molecular weight is 296 g/mol. The Hall–Kier alpha value is -1.63. The van der Waals surface area contributed by atoms with Crippen molar-refractivity contribution in [3.05, 3.63) is 25.0 Å². The summed E-state index contributed by atoms with van der Waals surface area (Å²) in [6.45, 7) is 7.00. The summed E-state index contributed by atoms with van der Waals surface area (Å²) in [7, 11) is -2.90. The fourth-order valence-corrected chi connectivity index (χ4v) is 4.14. The molecule has 0 bridgehead atoms. The molecule has 0 radical (unpaired) electrons. The van der Waals surface area contributed by atoms with E-state index in [4.69, 9.17) is 0 Å². The van der Waals surface area contributed by atoms with Crippen LogP contribution in [0.5, 0.6) is 0 Å². The first-order valence-electron chi connectivity index (χ1n) is 6.69. The number of nitrogens with zero attached hydrogens (tertiary/aromatic N) is 3. The van der Waals surface area contributed by atoms with E-state index in [0.29, 0.717) is 18.8 Å². The molecule has 110 valence electrons. The van der Waals surface area contributed by atoms with Gasteiger partial charge in [-0.2, -0.15) is 0 Å². The van der Waals surface area contributed by atoms with Gasteiger partial charge in [0.05, 0.1) is 11.5 Å². The zero-order chi connectivity index (χ0) is 14.6. The zero-order valence-corrected chi connectivity index (χ0v) is 12.4. The Morgan fingerprint density at radius 3 is 2.95 bits per heavy atom. The van der Waals surface area contributed by atoms with Gasteiger partial charge in [0.15, 0.2) is 9.84 Å². The van der Waals surface area contributed by atoms with E-state index >= 15 is 0 Å². The molecule has 1 aliphatic rings. The third-order valence-corrected chi connectivity index (χ3v) is 5.11. The summed E-state index contributed by atoms with van der Waals surface area (Å²) >= 11 is 0. The van der Waals surface area contributed by atoms with Crippen LogP contribution in [0, 0.1) is 0 Å². The molecule has 1 fully saturated rings. The van der Waals surface area contributed by atoms with Crippen molar-refractivity contribution in [1.29, 1.82) is 0 Å². The number of hydrogen-bond donors (Lipinski definition) is 1. The summed E-state index contributed by atoms with van der Waals surface area (Å²) in [5.74, 6) is 1.95. The van der Waals surface area contributed by atoms with Gasteiger partial charge in [-0.15, -0.1) is 6.58 Å². The van der Waals surface area contributed by atoms with E-state index in [-0.39, 0.29) is 17.5 Å². The molecule has 1 aliphatic heterocycles. The van der Waals surface area contributed by atoms with Crippen LogP contribution < -0.4 is 10.2 Å². The summed E-state index contributed by atoms with van der Waals surface area (Å²) in [4.78, 5) is 10.4. The topological polar surface area (TPSA) is 75.2 Å². The molecule has 1 N–H and O–H groups in total. The van der Waals surface area contributed by atoms with E-state index < -0.39 is 9.84 Å². The van der Waals surface area contributed by atoms with E-state index in [0.717, 1.165) is 12.4 Å². The number of rotatable bonds is 6. The maximum Gasteiger partial charge on any atom is 0.152 e. The summed E-state index contributed by atoms with van der Waals surface area (Å²) in [6, 6.07) is 1.85. The molecule has 1 unspecified atom stereocenters. The molecule has 0 amide bonds. The second-order valence-electron chi connectivity index (χ2n) is 4.77. The van der Waals surface area contributed by atoms with E-state index in [1.807, 2.05) is 17.9 Å². The van der Waals surface area contributed by atoms with Crippen molar-refractivity contribution in [3.63, 3.8) is 0 Å². The van der Waals surface area contributed by atoms with Crippen molar-refractivity contribution in [2.75, 3.05) is 34.8 Å². The third kappa shape index (κ3) is 3.47. The lowest BCUT2D eigenvalue weighted by molar-refractivity contribution is 0.599. The van der Waals surface area contributed by atoms with Crippen LogP contribution in [-0.2, 0) is 9.84 Å². The first-order valence-corrected chi connectivity index (χ1v) is 8.51. The van der Waals surface area contributed by atoms with Gasteiger partial charge in [0.2, 0.25) is 0 Å². The highest BCUT2D eigenvalue weighted by molar-refractivity contribution is 7.91.